The van der Waals surface area contributed by atoms with E-state index in [1.54, 1.807) is 18.2 Å². The predicted octanol–water partition coefficient (Wildman–Crippen LogP) is 1.04. The summed E-state index contributed by atoms with van der Waals surface area (Å²) in [6, 6.07) is 8.01. The second-order valence-corrected chi connectivity index (χ2v) is 4.20. The van der Waals surface area contributed by atoms with E-state index < -0.39 is 10.1 Å². The third-order valence-corrected chi connectivity index (χ3v) is 2.88. The topological polar surface area (TPSA) is 52.6 Å². The summed E-state index contributed by atoms with van der Waals surface area (Å²) in [7, 11) is -2.13. The van der Waals surface area contributed by atoms with Crippen molar-refractivity contribution in [1.29, 1.82) is 0 Å². The molecule has 0 aliphatic rings. The molecule has 1 rings (SSSR count). The molecule has 0 N–H and O–H groups in total. The van der Waals surface area contributed by atoms with Crippen molar-refractivity contribution in [3.8, 4) is 0 Å². The quantitative estimate of drug-likeness (QED) is 0.545. The van der Waals surface area contributed by atoms with Gasteiger partial charge in [-0.05, 0) is 12.1 Å². The zero-order valence-electron chi connectivity index (χ0n) is 7.84. The normalized spacial score (nSPS) is 11.5. The Balaban J connectivity index is 2.67. The van der Waals surface area contributed by atoms with Gasteiger partial charge in [0.2, 0.25) is 0 Å². The summed E-state index contributed by atoms with van der Waals surface area (Å²) in [4.78, 5) is 0.163. The van der Waals surface area contributed by atoms with Crippen molar-refractivity contribution < 1.29 is 17.3 Å². The zero-order valence-corrected chi connectivity index (χ0v) is 8.66. The Kier molecular flexibility index (Phi) is 4.06. The summed E-state index contributed by atoms with van der Waals surface area (Å²) in [5.74, 6) is 0. The van der Waals surface area contributed by atoms with E-state index in [0.717, 1.165) is 0 Å². The maximum Gasteiger partial charge on any atom is 0.297 e. The highest BCUT2D eigenvalue weighted by molar-refractivity contribution is 7.86. The van der Waals surface area contributed by atoms with Crippen LogP contribution in [0.1, 0.15) is 0 Å². The summed E-state index contributed by atoms with van der Waals surface area (Å²) < 4.78 is 32.2. The molecule has 0 saturated heterocycles. The van der Waals surface area contributed by atoms with Gasteiger partial charge in [0.25, 0.3) is 10.1 Å². The molecule has 78 valence electrons. The first-order chi connectivity index (χ1) is 6.67. The lowest BCUT2D eigenvalue weighted by Crippen LogP contribution is -2.10. The van der Waals surface area contributed by atoms with Gasteiger partial charge in [0.1, 0.15) is 0 Å². The van der Waals surface area contributed by atoms with E-state index in [1.165, 1.54) is 19.2 Å². The molecule has 0 heterocycles. The van der Waals surface area contributed by atoms with Crippen molar-refractivity contribution in [1.82, 2.24) is 0 Å². The van der Waals surface area contributed by atoms with Crippen LogP contribution in [0.15, 0.2) is 35.2 Å². The molecular formula is C9H12O4S. The third-order valence-electron chi connectivity index (χ3n) is 1.56. The standard InChI is InChI=1S/C9H12O4S/c1-12-7-8-13-14(10,11)9-5-3-2-4-6-9/h2-6H,7-8H2,1H3. The highest BCUT2D eigenvalue weighted by Crippen LogP contribution is 2.10. The minimum absolute atomic E-state index is 0.0354. The molecule has 0 unspecified atom stereocenters. The van der Waals surface area contributed by atoms with Gasteiger partial charge in [-0.2, -0.15) is 8.42 Å². The Hall–Kier alpha value is -0.910. The summed E-state index contributed by atoms with van der Waals surface area (Å²) in [5, 5.41) is 0. The molecule has 0 bridgehead atoms. The number of ether oxygens (including phenoxy) is 1. The van der Waals surface area contributed by atoms with Crippen molar-refractivity contribution in [3.63, 3.8) is 0 Å². The molecule has 1 aromatic rings. The molecule has 1 aromatic carbocycles. The average molecular weight is 216 g/mol. The lowest BCUT2D eigenvalue weighted by atomic mass is 10.4. The van der Waals surface area contributed by atoms with Crippen LogP contribution < -0.4 is 0 Å². The maximum absolute atomic E-state index is 11.4. The number of hydrogen-bond donors (Lipinski definition) is 0. The van der Waals surface area contributed by atoms with E-state index in [1.807, 2.05) is 0 Å². The number of benzene rings is 1. The van der Waals surface area contributed by atoms with Gasteiger partial charge in [0, 0.05) is 7.11 Å². The minimum Gasteiger partial charge on any atom is -0.382 e. The molecule has 0 aliphatic carbocycles. The van der Waals surface area contributed by atoms with Crippen LogP contribution in [0.3, 0.4) is 0 Å². The molecule has 0 atom stereocenters. The maximum atomic E-state index is 11.4. The Morgan fingerprint density at radius 3 is 2.36 bits per heavy atom. The van der Waals surface area contributed by atoms with E-state index >= 15 is 0 Å². The predicted molar refractivity (Wildman–Crippen MR) is 51.5 cm³/mol. The van der Waals surface area contributed by atoms with Crippen LogP contribution in [0.2, 0.25) is 0 Å². The Bertz CT molecular complexity index is 358. The van der Waals surface area contributed by atoms with Gasteiger partial charge in [-0.25, -0.2) is 0 Å². The second-order valence-electron chi connectivity index (χ2n) is 2.58. The molecule has 0 amide bonds. The largest absolute Gasteiger partial charge is 0.382 e. The average Bonchev–Trinajstić information content (AvgIpc) is 2.19. The minimum atomic E-state index is -3.61. The van der Waals surface area contributed by atoms with E-state index in [-0.39, 0.29) is 18.1 Å². The summed E-state index contributed by atoms with van der Waals surface area (Å²) in [6.07, 6.45) is 0. The van der Waals surface area contributed by atoms with Crippen molar-refractivity contribution in [3.05, 3.63) is 30.3 Å². The van der Waals surface area contributed by atoms with Gasteiger partial charge in [0.15, 0.2) is 0 Å². The SMILES string of the molecule is COCCOS(=O)(=O)c1ccccc1. The number of rotatable bonds is 5. The monoisotopic (exact) mass is 216 g/mol. The van der Waals surface area contributed by atoms with Crippen molar-refractivity contribution in [2.24, 2.45) is 0 Å². The van der Waals surface area contributed by atoms with Gasteiger partial charge < -0.3 is 4.74 Å². The second kappa shape index (κ2) is 5.09. The third kappa shape index (κ3) is 3.10. The number of methoxy groups -OCH3 is 1. The van der Waals surface area contributed by atoms with Crippen molar-refractivity contribution in [2.75, 3.05) is 20.3 Å². The highest BCUT2D eigenvalue weighted by atomic mass is 32.2. The van der Waals surface area contributed by atoms with Crippen LogP contribution in [0.5, 0.6) is 0 Å². The van der Waals surface area contributed by atoms with Crippen molar-refractivity contribution >= 4 is 10.1 Å². The van der Waals surface area contributed by atoms with Crippen LogP contribution in [-0.2, 0) is 19.0 Å². The first kappa shape index (κ1) is 11.2. The molecule has 5 heteroatoms. The molecule has 0 spiro atoms. The fraction of sp³-hybridized carbons (Fsp3) is 0.333. The summed E-state index contributed by atoms with van der Waals surface area (Å²) in [6.45, 7) is 0.291. The van der Waals surface area contributed by atoms with Crippen LogP contribution in [0.4, 0.5) is 0 Å². The fourth-order valence-corrected chi connectivity index (χ4v) is 1.80. The lowest BCUT2D eigenvalue weighted by Gasteiger charge is -2.04. The van der Waals surface area contributed by atoms with Gasteiger partial charge in [0.05, 0.1) is 18.1 Å². The van der Waals surface area contributed by atoms with Crippen LogP contribution in [-0.4, -0.2) is 28.7 Å². The van der Waals surface area contributed by atoms with Gasteiger partial charge in [-0.15, -0.1) is 0 Å². The van der Waals surface area contributed by atoms with Crippen LogP contribution >= 0.6 is 0 Å². The molecule has 4 nitrogen and oxygen atoms in total. The van der Waals surface area contributed by atoms with Gasteiger partial charge in [-0.3, -0.25) is 4.18 Å². The molecule has 0 aliphatic heterocycles. The van der Waals surface area contributed by atoms with E-state index in [2.05, 4.69) is 4.74 Å². The first-order valence-corrected chi connectivity index (χ1v) is 5.51. The smallest absolute Gasteiger partial charge is 0.297 e. The molecular weight excluding hydrogens is 204 g/mol. The van der Waals surface area contributed by atoms with Crippen molar-refractivity contribution in [2.45, 2.75) is 4.90 Å². The summed E-state index contributed by atoms with van der Waals surface area (Å²) in [5.41, 5.74) is 0. The Morgan fingerprint density at radius 2 is 1.79 bits per heavy atom. The lowest BCUT2D eigenvalue weighted by molar-refractivity contribution is 0.149. The molecule has 0 radical (unpaired) electrons. The number of hydrogen-bond acceptors (Lipinski definition) is 4. The molecule has 0 saturated carbocycles. The fourth-order valence-electron chi connectivity index (χ4n) is 0.882. The van der Waals surface area contributed by atoms with Crippen LogP contribution in [0, 0.1) is 0 Å². The van der Waals surface area contributed by atoms with Crippen LogP contribution in [0.25, 0.3) is 0 Å². The van der Waals surface area contributed by atoms with Gasteiger partial charge in [-0.1, -0.05) is 18.2 Å². The Morgan fingerprint density at radius 1 is 1.14 bits per heavy atom. The van der Waals surface area contributed by atoms with E-state index in [4.69, 9.17) is 4.18 Å². The van der Waals surface area contributed by atoms with Gasteiger partial charge >= 0.3 is 0 Å². The zero-order chi connectivity index (χ0) is 10.4. The van der Waals surface area contributed by atoms with E-state index in [0.29, 0.717) is 0 Å². The molecule has 0 aromatic heterocycles. The summed E-state index contributed by atoms with van der Waals surface area (Å²) >= 11 is 0. The highest BCUT2D eigenvalue weighted by Gasteiger charge is 2.13. The molecule has 14 heavy (non-hydrogen) atoms. The van der Waals surface area contributed by atoms with E-state index in [9.17, 15) is 8.42 Å². The first-order valence-electron chi connectivity index (χ1n) is 4.10. The Labute approximate surface area is 83.6 Å². The molecule has 0 fully saturated rings.